The normalized spacial score (nSPS) is 21.4. The van der Waals surface area contributed by atoms with Crippen molar-refractivity contribution in [1.82, 2.24) is 5.32 Å². The molecule has 2 N–H and O–H groups in total. The van der Waals surface area contributed by atoms with Crippen molar-refractivity contribution in [2.45, 2.75) is 31.1 Å². The first kappa shape index (κ1) is 18.3. The summed E-state index contributed by atoms with van der Waals surface area (Å²) in [6, 6.07) is 4.88. The summed E-state index contributed by atoms with van der Waals surface area (Å²) in [4.78, 5) is 12.2. The van der Waals surface area contributed by atoms with Crippen LogP contribution in [0.4, 0.5) is 10.5 Å². The zero-order valence-electron chi connectivity index (χ0n) is 14.2. The quantitative estimate of drug-likeness (QED) is 0.753. The number of carbonyl (C=O) groups excluding carboxylic acids is 1. The number of nitrogens with one attached hydrogen (secondary N) is 2. The van der Waals surface area contributed by atoms with E-state index in [-0.39, 0.29) is 12.1 Å². The fraction of sp³-hybridized carbons (Fsp3) is 0.588. The number of urea groups is 1. The maximum Gasteiger partial charge on any atom is 0.319 e. The van der Waals surface area contributed by atoms with Crippen LogP contribution < -0.4 is 15.4 Å². The Morgan fingerprint density at radius 3 is 2.88 bits per heavy atom. The van der Waals surface area contributed by atoms with Crippen molar-refractivity contribution in [3.63, 3.8) is 0 Å². The first-order valence-electron chi connectivity index (χ1n) is 8.37. The molecule has 2 amide bonds. The number of carbonyl (C=O) groups is 1. The molecule has 0 bridgehead atoms. The van der Waals surface area contributed by atoms with Gasteiger partial charge in [0, 0.05) is 31.7 Å². The average Bonchev–Trinajstić information content (AvgIpc) is 3.20. The van der Waals surface area contributed by atoms with E-state index in [1.165, 1.54) is 0 Å². The number of hydrogen-bond acceptors (Lipinski definition) is 5. The maximum absolute atomic E-state index is 12.2. The molecule has 1 aromatic carbocycles. The van der Waals surface area contributed by atoms with E-state index in [9.17, 15) is 4.79 Å². The Morgan fingerprint density at radius 1 is 1.36 bits per heavy atom. The van der Waals surface area contributed by atoms with Crippen LogP contribution in [0, 0.1) is 0 Å². The van der Waals surface area contributed by atoms with Gasteiger partial charge in [-0.2, -0.15) is 0 Å². The molecule has 1 atom stereocenters. The van der Waals surface area contributed by atoms with Crippen molar-refractivity contribution in [1.29, 1.82) is 0 Å². The lowest BCUT2D eigenvalue weighted by atomic mass is 10.2. The highest BCUT2D eigenvalue weighted by atomic mass is 35.5. The molecule has 1 saturated heterocycles. The number of hydrogen-bond donors (Lipinski definition) is 2. The molecule has 25 heavy (non-hydrogen) atoms. The molecule has 0 unspecified atom stereocenters. The summed E-state index contributed by atoms with van der Waals surface area (Å²) < 4.78 is 21.7. The van der Waals surface area contributed by atoms with Crippen LogP contribution in [-0.4, -0.2) is 51.4 Å². The van der Waals surface area contributed by atoms with Gasteiger partial charge < -0.3 is 29.6 Å². The second-order valence-corrected chi connectivity index (χ2v) is 6.54. The molecule has 2 fully saturated rings. The number of amides is 2. The largest absolute Gasteiger partial charge is 0.490 e. The van der Waals surface area contributed by atoms with Crippen molar-refractivity contribution in [3.05, 3.63) is 23.2 Å². The van der Waals surface area contributed by atoms with E-state index in [0.717, 1.165) is 12.8 Å². The van der Waals surface area contributed by atoms with E-state index in [0.29, 0.717) is 49.3 Å². The molecule has 1 spiro atoms. The summed E-state index contributed by atoms with van der Waals surface area (Å²) in [5, 5.41) is 6.17. The van der Waals surface area contributed by atoms with Gasteiger partial charge in [0.1, 0.15) is 12.4 Å². The summed E-state index contributed by atoms with van der Waals surface area (Å²) in [5.41, 5.74) is 0.600. The van der Waals surface area contributed by atoms with Gasteiger partial charge in [-0.05, 0) is 24.6 Å². The van der Waals surface area contributed by atoms with E-state index in [1.54, 1.807) is 25.3 Å². The molecular weight excluding hydrogens is 348 g/mol. The molecule has 3 rings (SSSR count). The SMILES string of the molecule is COCCOc1ccc(NC(=O)N[C@H]2CCC3(C2)OCCO3)cc1Cl. The van der Waals surface area contributed by atoms with E-state index in [1.807, 2.05) is 0 Å². The maximum atomic E-state index is 12.2. The minimum atomic E-state index is -0.498. The average molecular weight is 371 g/mol. The van der Waals surface area contributed by atoms with Crippen LogP contribution >= 0.6 is 11.6 Å². The van der Waals surface area contributed by atoms with E-state index >= 15 is 0 Å². The number of anilines is 1. The number of rotatable bonds is 6. The molecule has 2 aliphatic rings. The van der Waals surface area contributed by atoms with Crippen LogP contribution in [0.25, 0.3) is 0 Å². The molecule has 138 valence electrons. The van der Waals surface area contributed by atoms with Gasteiger partial charge in [0.15, 0.2) is 5.79 Å². The monoisotopic (exact) mass is 370 g/mol. The minimum Gasteiger partial charge on any atom is -0.490 e. The Bertz CT molecular complexity index is 607. The Kier molecular flexibility index (Phi) is 6.01. The summed E-state index contributed by atoms with van der Waals surface area (Å²) in [6.07, 6.45) is 2.31. The number of ether oxygens (including phenoxy) is 4. The molecule has 1 aliphatic carbocycles. The van der Waals surface area contributed by atoms with Crippen molar-refractivity contribution < 1.29 is 23.7 Å². The van der Waals surface area contributed by atoms with Crippen molar-refractivity contribution in [2.75, 3.05) is 38.9 Å². The predicted octanol–water partition coefficient (Wildman–Crippen LogP) is 2.78. The lowest BCUT2D eigenvalue weighted by Crippen LogP contribution is -2.38. The summed E-state index contributed by atoms with van der Waals surface area (Å²) in [7, 11) is 1.60. The van der Waals surface area contributed by atoms with Crippen LogP contribution in [0.3, 0.4) is 0 Å². The summed E-state index contributed by atoms with van der Waals surface area (Å²) in [5.74, 6) is 0.0561. The van der Waals surface area contributed by atoms with E-state index < -0.39 is 5.79 Å². The van der Waals surface area contributed by atoms with Crippen molar-refractivity contribution in [3.8, 4) is 5.75 Å². The van der Waals surface area contributed by atoms with Crippen LogP contribution in [0.5, 0.6) is 5.75 Å². The van der Waals surface area contributed by atoms with Crippen LogP contribution in [0.2, 0.25) is 5.02 Å². The van der Waals surface area contributed by atoms with Crippen LogP contribution in [-0.2, 0) is 14.2 Å². The first-order valence-corrected chi connectivity index (χ1v) is 8.75. The Morgan fingerprint density at radius 2 is 2.16 bits per heavy atom. The van der Waals surface area contributed by atoms with Gasteiger partial charge in [0.2, 0.25) is 0 Å². The summed E-state index contributed by atoms with van der Waals surface area (Å²) >= 11 is 6.17. The van der Waals surface area contributed by atoms with Gasteiger partial charge in [-0.1, -0.05) is 11.6 Å². The molecule has 7 nitrogen and oxygen atoms in total. The Hall–Kier alpha value is -1.54. The summed E-state index contributed by atoms with van der Waals surface area (Å²) in [6.45, 7) is 2.14. The zero-order valence-corrected chi connectivity index (χ0v) is 14.9. The third-order valence-corrected chi connectivity index (χ3v) is 4.61. The Balaban J connectivity index is 1.48. The zero-order chi connectivity index (χ0) is 17.7. The molecule has 1 saturated carbocycles. The number of methoxy groups -OCH3 is 1. The van der Waals surface area contributed by atoms with E-state index in [2.05, 4.69) is 10.6 Å². The molecule has 8 heteroatoms. The first-order chi connectivity index (χ1) is 12.1. The third-order valence-electron chi connectivity index (χ3n) is 4.31. The molecule has 0 radical (unpaired) electrons. The third kappa shape index (κ3) is 4.76. The van der Waals surface area contributed by atoms with Gasteiger partial charge in [-0.25, -0.2) is 4.79 Å². The highest BCUT2D eigenvalue weighted by molar-refractivity contribution is 6.32. The van der Waals surface area contributed by atoms with Gasteiger partial charge in [-0.15, -0.1) is 0 Å². The fourth-order valence-corrected chi connectivity index (χ4v) is 3.37. The second kappa shape index (κ2) is 8.23. The van der Waals surface area contributed by atoms with Crippen molar-refractivity contribution in [2.24, 2.45) is 0 Å². The number of halogens is 1. The minimum absolute atomic E-state index is 0.0326. The van der Waals surface area contributed by atoms with Crippen LogP contribution in [0.1, 0.15) is 19.3 Å². The molecule has 1 aromatic rings. The van der Waals surface area contributed by atoms with Crippen molar-refractivity contribution >= 4 is 23.3 Å². The lowest BCUT2D eigenvalue weighted by molar-refractivity contribution is -0.151. The molecule has 1 aliphatic heterocycles. The molecule has 1 heterocycles. The molecule has 0 aromatic heterocycles. The predicted molar refractivity (Wildman–Crippen MR) is 93.3 cm³/mol. The van der Waals surface area contributed by atoms with Gasteiger partial charge in [-0.3, -0.25) is 0 Å². The number of benzene rings is 1. The highest BCUT2D eigenvalue weighted by Crippen LogP contribution is 2.37. The second-order valence-electron chi connectivity index (χ2n) is 6.13. The van der Waals surface area contributed by atoms with Gasteiger partial charge >= 0.3 is 6.03 Å². The van der Waals surface area contributed by atoms with Gasteiger partial charge in [0.05, 0.1) is 24.8 Å². The van der Waals surface area contributed by atoms with E-state index in [4.69, 9.17) is 30.5 Å². The Labute approximate surface area is 151 Å². The smallest absolute Gasteiger partial charge is 0.319 e. The lowest BCUT2D eigenvalue weighted by Gasteiger charge is -2.21. The highest BCUT2D eigenvalue weighted by Gasteiger charge is 2.44. The topological polar surface area (TPSA) is 78.1 Å². The molecular formula is C17H23ClN2O5. The van der Waals surface area contributed by atoms with Crippen LogP contribution in [0.15, 0.2) is 18.2 Å². The van der Waals surface area contributed by atoms with Gasteiger partial charge in [0.25, 0.3) is 0 Å². The fourth-order valence-electron chi connectivity index (χ4n) is 3.14. The standard InChI is InChI=1S/C17H23ClN2O5/c1-22-6-7-23-15-3-2-12(10-14(15)18)19-16(21)20-13-4-5-17(11-13)24-8-9-25-17/h2-3,10,13H,4-9,11H2,1H3,(H2,19,20,21)/t13-/m0/s1.